The Kier molecular flexibility index (Phi) is 9.23. The van der Waals surface area contributed by atoms with Crippen LogP contribution in [0, 0.1) is 10.8 Å². The summed E-state index contributed by atoms with van der Waals surface area (Å²) in [6, 6.07) is 15.2. The molecule has 1 heterocycles. The predicted molar refractivity (Wildman–Crippen MR) is 147 cm³/mol. The van der Waals surface area contributed by atoms with Gasteiger partial charge in [-0.15, -0.1) is 0 Å². The zero-order chi connectivity index (χ0) is 27.0. The minimum Gasteiger partial charge on any atom is -0.508 e. The predicted octanol–water partition coefficient (Wildman–Crippen LogP) is 2.76. The molecule has 0 bridgehead atoms. The van der Waals surface area contributed by atoms with Gasteiger partial charge in [-0.2, -0.15) is 0 Å². The van der Waals surface area contributed by atoms with Crippen molar-refractivity contribution in [2.24, 2.45) is 11.1 Å². The van der Waals surface area contributed by atoms with E-state index in [0.29, 0.717) is 24.8 Å². The van der Waals surface area contributed by atoms with E-state index in [9.17, 15) is 14.7 Å². The molecular formula is C29H40N6O3. The Bertz CT molecular complexity index is 1080. The number of nitrogens with two attached hydrogens (primary N) is 1. The molecule has 0 aromatic heterocycles. The second-order valence-corrected chi connectivity index (χ2v) is 10.6. The molecule has 2 amide bonds. The highest BCUT2D eigenvalue weighted by Gasteiger charge is 2.42. The van der Waals surface area contributed by atoms with Crippen LogP contribution in [0.1, 0.15) is 62.1 Å². The van der Waals surface area contributed by atoms with Crippen molar-refractivity contribution in [3.8, 4) is 5.75 Å². The van der Waals surface area contributed by atoms with E-state index >= 15 is 0 Å². The van der Waals surface area contributed by atoms with E-state index in [4.69, 9.17) is 11.1 Å². The molecule has 2 fully saturated rings. The normalized spacial score (nSPS) is 18.1. The average molecular weight is 521 g/mol. The first-order chi connectivity index (χ1) is 18.3. The number of phenols is 1. The van der Waals surface area contributed by atoms with Crippen LogP contribution < -0.4 is 21.7 Å². The van der Waals surface area contributed by atoms with Crippen LogP contribution in [0.5, 0.6) is 5.75 Å². The standard InChI is InChI=1S/C29H40N6O3/c30-28(31)32-17-4-8-24(26(37)33-20-21-9-11-23(36)12-10-21)34-27(38)25(22-6-2-1-3-7-22)35-18-15-29(16-19-35)13-5-14-29/h1-3,6-7,9-12,24-25,36H,4-5,8,13-20H2,(H,33,37)(H,34,38)(H4,30,31,32)/t24-,25?/m1/s1. The summed E-state index contributed by atoms with van der Waals surface area (Å²) in [6.07, 6.45) is 7.06. The van der Waals surface area contributed by atoms with E-state index < -0.39 is 12.1 Å². The molecule has 1 spiro atoms. The third-order valence-electron chi connectivity index (χ3n) is 8.02. The van der Waals surface area contributed by atoms with Crippen molar-refractivity contribution in [3.05, 3.63) is 65.7 Å². The van der Waals surface area contributed by atoms with Crippen LogP contribution in [0.4, 0.5) is 0 Å². The Hall–Kier alpha value is -3.59. The first kappa shape index (κ1) is 27.4. The molecule has 2 aliphatic rings. The number of hydrogen-bond acceptors (Lipinski definition) is 5. The van der Waals surface area contributed by atoms with Gasteiger partial charge in [-0.1, -0.05) is 48.9 Å². The Balaban J connectivity index is 1.45. The van der Waals surface area contributed by atoms with Crippen LogP contribution in [-0.4, -0.2) is 53.5 Å². The highest BCUT2D eigenvalue weighted by molar-refractivity contribution is 5.90. The van der Waals surface area contributed by atoms with E-state index in [1.807, 2.05) is 30.3 Å². The average Bonchev–Trinajstić information content (AvgIpc) is 2.90. The molecule has 38 heavy (non-hydrogen) atoms. The van der Waals surface area contributed by atoms with Gasteiger partial charge in [0.2, 0.25) is 11.8 Å². The number of nitrogens with one attached hydrogen (secondary N) is 4. The molecule has 9 heteroatoms. The molecule has 1 aliphatic carbocycles. The number of aromatic hydroxyl groups is 1. The van der Waals surface area contributed by atoms with Crippen molar-refractivity contribution < 1.29 is 14.7 Å². The number of guanidine groups is 1. The van der Waals surface area contributed by atoms with Crippen LogP contribution in [0.15, 0.2) is 54.6 Å². The van der Waals surface area contributed by atoms with E-state index in [-0.39, 0.29) is 30.1 Å². The molecule has 1 aliphatic heterocycles. The van der Waals surface area contributed by atoms with Crippen LogP contribution in [0.2, 0.25) is 0 Å². The Morgan fingerprint density at radius 2 is 1.66 bits per heavy atom. The van der Waals surface area contributed by atoms with Crippen molar-refractivity contribution in [1.29, 1.82) is 5.41 Å². The van der Waals surface area contributed by atoms with E-state index in [0.717, 1.165) is 37.1 Å². The Morgan fingerprint density at radius 1 is 0.974 bits per heavy atom. The summed E-state index contributed by atoms with van der Waals surface area (Å²) < 4.78 is 0. The number of piperidine rings is 1. The highest BCUT2D eigenvalue weighted by Crippen LogP contribution is 2.49. The van der Waals surface area contributed by atoms with Crippen molar-refractivity contribution in [3.63, 3.8) is 0 Å². The topological polar surface area (TPSA) is 144 Å². The third kappa shape index (κ3) is 7.25. The van der Waals surface area contributed by atoms with Crippen molar-refractivity contribution >= 4 is 17.8 Å². The number of carbonyl (C=O) groups is 2. The van der Waals surface area contributed by atoms with Crippen molar-refractivity contribution in [1.82, 2.24) is 20.9 Å². The van der Waals surface area contributed by atoms with Gasteiger partial charge >= 0.3 is 0 Å². The number of hydrogen-bond donors (Lipinski definition) is 6. The van der Waals surface area contributed by atoms with Gasteiger partial charge in [0, 0.05) is 13.1 Å². The number of rotatable bonds is 11. The summed E-state index contributed by atoms with van der Waals surface area (Å²) >= 11 is 0. The first-order valence-corrected chi connectivity index (χ1v) is 13.6. The number of nitrogens with zero attached hydrogens (tertiary/aromatic N) is 1. The maximum atomic E-state index is 13.8. The summed E-state index contributed by atoms with van der Waals surface area (Å²) in [4.78, 5) is 29.3. The lowest BCUT2D eigenvalue weighted by atomic mass is 9.63. The zero-order valence-electron chi connectivity index (χ0n) is 21.9. The van der Waals surface area contributed by atoms with Gasteiger partial charge < -0.3 is 26.8 Å². The molecule has 1 unspecified atom stereocenters. The first-order valence-electron chi connectivity index (χ1n) is 13.6. The second kappa shape index (κ2) is 12.8. The summed E-state index contributed by atoms with van der Waals surface area (Å²) in [6.45, 7) is 2.46. The smallest absolute Gasteiger partial charge is 0.242 e. The number of carbonyl (C=O) groups excluding carboxylic acids is 2. The molecule has 1 saturated heterocycles. The van der Waals surface area contributed by atoms with Crippen molar-refractivity contribution in [2.45, 2.75) is 63.6 Å². The molecule has 4 rings (SSSR count). The summed E-state index contributed by atoms with van der Waals surface area (Å²) in [7, 11) is 0. The maximum absolute atomic E-state index is 13.8. The lowest BCUT2D eigenvalue weighted by molar-refractivity contribution is -0.133. The van der Waals surface area contributed by atoms with Gasteiger partial charge in [-0.05, 0) is 80.3 Å². The van der Waals surface area contributed by atoms with Gasteiger partial charge in [0.05, 0.1) is 0 Å². The van der Waals surface area contributed by atoms with Crippen LogP contribution in [-0.2, 0) is 16.1 Å². The van der Waals surface area contributed by atoms with Gasteiger partial charge in [-0.3, -0.25) is 19.9 Å². The van der Waals surface area contributed by atoms with E-state index in [1.54, 1.807) is 24.3 Å². The van der Waals surface area contributed by atoms with Crippen molar-refractivity contribution in [2.75, 3.05) is 19.6 Å². The fourth-order valence-corrected chi connectivity index (χ4v) is 5.57. The third-order valence-corrected chi connectivity index (χ3v) is 8.02. The quantitative estimate of drug-likeness (QED) is 0.153. The molecule has 2 aromatic carbocycles. The van der Waals surface area contributed by atoms with Crippen LogP contribution >= 0.6 is 0 Å². The SMILES string of the molecule is N=C(N)NCCC[C@@H](NC(=O)C(c1ccccc1)N1CCC2(CCC2)CC1)C(=O)NCc1ccc(O)cc1. The lowest BCUT2D eigenvalue weighted by Gasteiger charge is -2.49. The number of phenolic OH excluding ortho intramolecular Hbond substituents is 1. The highest BCUT2D eigenvalue weighted by atomic mass is 16.3. The fourth-order valence-electron chi connectivity index (χ4n) is 5.57. The molecule has 204 valence electrons. The number of amides is 2. The minimum atomic E-state index is -0.734. The summed E-state index contributed by atoms with van der Waals surface area (Å²) in [5.41, 5.74) is 7.63. The Labute approximate surface area is 224 Å². The van der Waals surface area contributed by atoms with Crippen LogP contribution in [0.25, 0.3) is 0 Å². The van der Waals surface area contributed by atoms with E-state index in [1.165, 1.54) is 19.3 Å². The summed E-state index contributed by atoms with van der Waals surface area (Å²) in [5.74, 6) is -0.407. The lowest BCUT2D eigenvalue weighted by Crippen LogP contribution is -2.53. The van der Waals surface area contributed by atoms with Crippen LogP contribution in [0.3, 0.4) is 0 Å². The van der Waals surface area contributed by atoms with Gasteiger partial charge in [0.25, 0.3) is 0 Å². The van der Waals surface area contributed by atoms with Gasteiger partial charge in [-0.25, -0.2) is 0 Å². The molecule has 1 saturated carbocycles. The molecule has 0 radical (unpaired) electrons. The Morgan fingerprint density at radius 3 is 2.26 bits per heavy atom. The molecular weight excluding hydrogens is 480 g/mol. The zero-order valence-corrected chi connectivity index (χ0v) is 21.9. The monoisotopic (exact) mass is 520 g/mol. The van der Waals surface area contributed by atoms with E-state index in [2.05, 4.69) is 20.9 Å². The fraction of sp³-hybridized carbons (Fsp3) is 0.483. The second-order valence-electron chi connectivity index (χ2n) is 10.6. The largest absolute Gasteiger partial charge is 0.508 e. The molecule has 7 N–H and O–H groups in total. The number of likely N-dealkylation sites (tertiary alicyclic amines) is 1. The molecule has 2 atom stereocenters. The van der Waals surface area contributed by atoms with Gasteiger partial charge in [0.15, 0.2) is 5.96 Å². The minimum absolute atomic E-state index is 0.124. The maximum Gasteiger partial charge on any atom is 0.242 e. The molecule has 9 nitrogen and oxygen atoms in total. The van der Waals surface area contributed by atoms with Gasteiger partial charge in [0.1, 0.15) is 17.8 Å². The molecule has 2 aromatic rings. The summed E-state index contributed by atoms with van der Waals surface area (Å²) in [5, 5.41) is 25.6. The number of benzene rings is 2.